The molecule has 0 aromatic heterocycles. The van der Waals surface area contributed by atoms with Crippen LogP contribution in [0.5, 0.6) is 0 Å². The van der Waals surface area contributed by atoms with E-state index in [4.69, 9.17) is 4.74 Å². The van der Waals surface area contributed by atoms with Crippen molar-refractivity contribution in [1.29, 1.82) is 0 Å². The third-order valence-corrected chi connectivity index (χ3v) is 6.91. The van der Waals surface area contributed by atoms with Gasteiger partial charge in [-0.25, -0.2) is 26.0 Å². The third kappa shape index (κ3) is 4.65. The molecule has 1 heterocycles. The van der Waals surface area contributed by atoms with E-state index in [-0.39, 0.29) is 31.5 Å². The van der Waals surface area contributed by atoms with E-state index in [1.807, 2.05) is 0 Å². The lowest BCUT2D eigenvalue weighted by Gasteiger charge is -2.30. The van der Waals surface area contributed by atoms with Crippen LogP contribution in [-0.2, 0) is 19.6 Å². The maximum absolute atomic E-state index is 13.9. The van der Waals surface area contributed by atoms with Crippen LogP contribution < -0.4 is 0 Å². The van der Waals surface area contributed by atoms with Crippen LogP contribution in [0.25, 0.3) is 0 Å². The highest BCUT2D eigenvalue weighted by Gasteiger charge is 2.35. The molecular weight excluding hydrogens is 426 g/mol. The van der Waals surface area contributed by atoms with Crippen molar-refractivity contribution in [2.45, 2.75) is 30.8 Å². The van der Waals surface area contributed by atoms with Gasteiger partial charge in [0.1, 0.15) is 34.3 Å². The molecule has 3 rings (SSSR count). The number of rotatable bonds is 5. The van der Waals surface area contributed by atoms with E-state index in [1.54, 1.807) is 0 Å². The lowest BCUT2D eigenvalue weighted by Crippen LogP contribution is -2.41. The van der Waals surface area contributed by atoms with Crippen molar-refractivity contribution in [2.24, 2.45) is 5.92 Å². The normalized spacial score (nSPS) is 17.0. The first kappa shape index (κ1) is 22.2. The number of halogens is 4. The van der Waals surface area contributed by atoms with Gasteiger partial charge >= 0.3 is 5.97 Å². The second kappa shape index (κ2) is 8.73. The van der Waals surface area contributed by atoms with Gasteiger partial charge in [-0.15, -0.1) is 0 Å². The molecule has 0 aliphatic carbocycles. The number of carbonyl (C=O) groups is 1. The largest absolute Gasteiger partial charge is 0.457 e. The number of hydrogen-bond acceptors (Lipinski definition) is 4. The van der Waals surface area contributed by atoms with Crippen LogP contribution in [0, 0.1) is 29.2 Å². The Balaban J connectivity index is 1.63. The summed E-state index contributed by atoms with van der Waals surface area (Å²) in [5, 5.41) is 0. The molecule has 162 valence electrons. The maximum Gasteiger partial charge on any atom is 0.309 e. The number of nitrogens with zero attached hydrogens (tertiary/aromatic N) is 1. The van der Waals surface area contributed by atoms with Gasteiger partial charge < -0.3 is 4.74 Å². The molecule has 0 N–H and O–H groups in total. The van der Waals surface area contributed by atoms with Gasteiger partial charge in [0.15, 0.2) is 0 Å². The summed E-state index contributed by atoms with van der Waals surface area (Å²) in [7, 11) is -4.26. The van der Waals surface area contributed by atoms with Crippen molar-refractivity contribution in [3.8, 4) is 0 Å². The molecule has 30 heavy (non-hydrogen) atoms. The summed E-state index contributed by atoms with van der Waals surface area (Å²) in [4.78, 5) is 11.6. The van der Waals surface area contributed by atoms with E-state index in [1.165, 1.54) is 13.0 Å². The molecule has 1 unspecified atom stereocenters. The lowest BCUT2D eigenvalue weighted by molar-refractivity contribution is -0.155. The Morgan fingerprint density at radius 3 is 2.23 bits per heavy atom. The minimum atomic E-state index is -4.26. The highest BCUT2D eigenvalue weighted by atomic mass is 32.2. The Morgan fingerprint density at radius 1 is 1.00 bits per heavy atom. The van der Waals surface area contributed by atoms with Crippen molar-refractivity contribution in [3.63, 3.8) is 0 Å². The highest BCUT2D eigenvalue weighted by Crippen LogP contribution is 2.28. The van der Waals surface area contributed by atoms with Gasteiger partial charge in [0.05, 0.1) is 5.92 Å². The summed E-state index contributed by atoms with van der Waals surface area (Å²) in [5.74, 6) is -4.81. The zero-order valence-electron chi connectivity index (χ0n) is 15.9. The molecule has 2 aromatic rings. The summed E-state index contributed by atoms with van der Waals surface area (Å²) in [5.41, 5.74) is 0.0198. The summed E-state index contributed by atoms with van der Waals surface area (Å²) >= 11 is 0. The van der Waals surface area contributed by atoms with Gasteiger partial charge in [-0.1, -0.05) is 0 Å². The molecule has 10 heteroatoms. The number of carbonyl (C=O) groups excluding carboxylic acids is 1. The van der Waals surface area contributed by atoms with Crippen LogP contribution in [0.2, 0.25) is 0 Å². The molecule has 5 nitrogen and oxygen atoms in total. The second-order valence-corrected chi connectivity index (χ2v) is 8.90. The Morgan fingerprint density at radius 2 is 1.60 bits per heavy atom. The number of hydrogen-bond donors (Lipinski definition) is 0. The van der Waals surface area contributed by atoms with Crippen LogP contribution in [-0.4, -0.2) is 31.8 Å². The zero-order chi connectivity index (χ0) is 22.1. The number of sulfonamides is 1. The lowest BCUT2D eigenvalue weighted by atomic mass is 9.98. The van der Waals surface area contributed by atoms with Crippen molar-refractivity contribution in [3.05, 3.63) is 65.2 Å². The van der Waals surface area contributed by atoms with E-state index in [0.29, 0.717) is 12.1 Å². The standard InChI is InChI=1S/C20H19F4NO4S/c1-12(16-4-2-14(21)10-18(16)24)29-20(26)13-6-8-25(9-7-13)30(27,28)19-11-15(22)3-5-17(19)23/h2-5,10-13H,6-9H2,1H3. The van der Waals surface area contributed by atoms with Gasteiger partial charge in [-0.3, -0.25) is 4.79 Å². The predicted octanol–water partition coefficient (Wildman–Crippen LogP) is 3.95. The highest BCUT2D eigenvalue weighted by molar-refractivity contribution is 7.89. The molecule has 1 aliphatic heterocycles. The van der Waals surface area contributed by atoms with Crippen LogP contribution in [0.4, 0.5) is 17.6 Å². The SMILES string of the molecule is CC(OC(=O)C1CCN(S(=O)(=O)c2cc(F)ccc2F)CC1)c1ccc(F)cc1F. The van der Waals surface area contributed by atoms with Gasteiger partial charge in [0.2, 0.25) is 10.0 Å². The zero-order valence-corrected chi connectivity index (χ0v) is 16.8. The summed E-state index contributed by atoms with van der Waals surface area (Å²) in [6.07, 6.45) is -0.748. The van der Waals surface area contributed by atoms with E-state index < -0.39 is 56.2 Å². The Bertz CT molecular complexity index is 1050. The van der Waals surface area contributed by atoms with Crippen molar-refractivity contribution in [2.75, 3.05) is 13.1 Å². The first-order valence-electron chi connectivity index (χ1n) is 9.20. The van der Waals surface area contributed by atoms with Gasteiger partial charge in [-0.05, 0) is 50.1 Å². The van der Waals surface area contributed by atoms with Crippen LogP contribution >= 0.6 is 0 Å². The maximum atomic E-state index is 13.9. The average Bonchev–Trinajstić information content (AvgIpc) is 2.69. The molecule has 1 fully saturated rings. The van der Waals surface area contributed by atoms with E-state index in [2.05, 4.69) is 0 Å². The molecular formula is C20H19F4NO4S. The molecule has 1 atom stereocenters. The van der Waals surface area contributed by atoms with Crippen molar-refractivity contribution in [1.82, 2.24) is 4.31 Å². The monoisotopic (exact) mass is 445 g/mol. The van der Waals surface area contributed by atoms with E-state index >= 15 is 0 Å². The molecule has 0 saturated carbocycles. The predicted molar refractivity (Wildman–Crippen MR) is 98.7 cm³/mol. The molecule has 1 saturated heterocycles. The van der Waals surface area contributed by atoms with Crippen LogP contribution in [0.3, 0.4) is 0 Å². The quantitative estimate of drug-likeness (QED) is 0.517. The van der Waals surface area contributed by atoms with Crippen molar-refractivity contribution >= 4 is 16.0 Å². The van der Waals surface area contributed by atoms with E-state index in [9.17, 15) is 30.8 Å². The Labute approximate surface area is 171 Å². The third-order valence-electron chi connectivity index (χ3n) is 4.99. The summed E-state index contributed by atoms with van der Waals surface area (Å²) < 4.78 is 85.5. The fourth-order valence-corrected chi connectivity index (χ4v) is 4.86. The second-order valence-electron chi connectivity index (χ2n) is 7.00. The number of ether oxygens (including phenoxy) is 1. The molecule has 0 radical (unpaired) electrons. The summed E-state index contributed by atoms with van der Waals surface area (Å²) in [6, 6.07) is 5.10. The molecule has 2 aromatic carbocycles. The van der Waals surface area contributed by atoms with E-state index in [0.717, 1.165) is 22.5 Å². The molecule has 0 amide bonds. The molecule has 1 aliphatic rings. The number of esters is 1. The summed E-state index contributed by atoms with van der Waals surface area (Å²) in [6.45, 7) is 1.27. The Kier molecular flexibility index (Phi) is 6.47. The van der Waals surface area contributed by atoms with Crippen LogP contribution in [0.15, 0.2) is 41.3 Å². The van der Waals surface area contributed by atoms with Crippen LogP contribution in [0.1, 0.15) is 31.4 Å². The minimum Gasteiger partial charge on any atom is -0.457 e. The fraction of sp³-hybridized carbons (Fsp3) is 0.350. The van der Waals surface area contributed by atoms with Gasteiger partial charge in [0, 0.05) is 24.7 Å². The van der Waals surface area contributed by atoms with Gasteiger partial charge in [0.25, 0.3) is 0 Å². The first-order chi connectivity index (χ1) is 14.1. The average molecular weight is 445 g/mol. The molecule has 0 spiro atoms. The molecule has 0 bridgehead atoms. The number of benzene rings is 2. The van der Waals surface area contributed by atoms with Crippen molar-refractivity contribution < 1.29 is 35.5 Å². The fourth-order valence-electron chi connectivity index (χ4n) is 3.31. The Hall–Kier alpha value is -2.46. The topological polar surface area (TPSA) is 63.7 Å². The number of piperidine rings is 1. The first-order valence-corrected chi connectivity index (χ1v) is 10.6. The smallest absolute Gasteiger partial charge is 0.309 e. The van der Waals surface area contributed by atoms with Gasteiger partial charge in [-0.2, -0.15) is 4.31 Å². The minimum absolute atomic E-state index is 0.0198.